The Bertz CT molecular complexity index is 665. The summed E-state index contributed by atoms with van der Waals surface area (Å²) >= 11 is 1.52. The van der Waals surface area contributed by atoms with Gasteiger partial charge in [-0.15, -0.1) is 0 Å². The number of aliphatic carboxylic acids is 1. The molecule has 1 aliphatic rings. The molecule has 0 radical (unpaired) electrons. The highest BCUT2D eigenvalue weighted by atomic mass is 32.1. The average Bonchev–Trinajstić information content (AvgIpc) is 3.17. The van der Waals surface area contributed by atoms with E-state index in [1.54, 1.807) is 6.20 Å². The Morgan fingerprint density at radius 2 is 2.27 bits per heavy atom. The molecule has 0 spiro atoms. The SMILES string of the molecule is O=C(O)Cn1ccc(C2CCCN(C(=O)c3ccsc3)C2)n1. The van der Waals surface area contributed by atoms with Gasteiger partial charge in [-0.3, -0.25) is 14.3 Å². The first-order valence-electron chi connectivity index (χ1n) is 7.20. The summed E-state index contributed by atoms with van der Waals surface area (Å²) in [6, 6.07) is 3.70. The lowest BCUT2D eigenvalue weighted by atomic mass is 9.94. The first-order valence-corrected chi connectivity index (χ1v) is 8.14. The van der Waals surface area contributed by atoms with Gasteiger partial charge < -0.3 is 10.0 Å². The molecule has 2 aromatic heterocycles. The predicted octanol–water partition coefficient (Wildman–Crippen LogP) is 2.05. The van der Waals surface area contributed by atoms with Crippen molar-refractivity contribution in [2.45, 2.75) is 25.3 Å². The van der Waals surface area contributed by atoms with Crippen molar-refractivity contribution < 1.29 is 14.7 Å². The van der Waals surface area contributed by atoms with Crippen molar-refractivity contribution >= 4 is 23.2 Å². The number of carboxylic acid groups (broad SMARTS) is 1. The maximum Gasteiger partial charge on any atom is 0.325 e. The molecule has 1 N–H and O–H groups in total. The van der Waals surface area contributed by atoms with E-state index in [1.807, 2.05) is 27.8 Å². The predicted molar refractivity (Wildman–Crippen MR) is 82.1 cm³/mol. The number of carbonyl (C=O) groups is 2. The molecule has 1 amide bonds. The Morgan fingerprint density at radius 1 is 1.41 bits per heavy atom. The van der Waals surface area contributed by atoms with Gasteiger partial charge in [0.05, 0.1) is 11.3 Å². The molecule has 1 atom stereocenters. The molecule has 1 saturated heterocycles. The second-order valence-electron chi connectivity index (χ2n) is 5.43. The first-order chi connectivity index (χ1) is 10.6. The lowest BCUT2D eigenvalue weighted by molar-refractivity contribution is -0.137. The molecule has 3 heterocycles. The number of aromatic nitrogens is 2. The van der Waals surface area contributed by atoms with Gasteiger partial charge in [-0.05, 0) is 30.4 Å². The van der Waals surface area contributed by atoms with Crippen molar-refractivity contribution in [2.75, 3.05) is 13.1 Å². The topological polar surface area (TPSA) is 75.4 Å². The summed E-state index contributed by atoms with van der Waals surface area (Å²) in [5.41, 5.74) is 1.60. The maximum absolute atomic E-state index is 12.4. The molecule has 0 saturated carbocycles. The van der Waals surface area contributed by atoms with Gasteiger partial charge in [0.25, 0.3) is 5.91 Å². The Balaban J connectivity index is 1.69. The van der Waals surface area contributed by atoms with Crippen LogP contribution in [0, 0.1) is 0 Å². The quantitative estimate of drug-likeness (QED) is 0.936. The fourth-order valence-corrected chi connectivity index (χ4v) is 3.42. The van der Waals surface area contributed by atoms with Crippen LogP contribution in [0.4, 0.5) is 0 Å². The van der Waals surface area contributed by atoms with Crippen LogP contribution in [0.5, 0.6) is 0 Å². The van der Waals surface area contributed by atoms with Crippen molar-refractivity contribution in [2.24, 2.45) is 0 Å². The van der Waals surface area contributed by atoms with E-state index < -0.39 is 5.97 Å². The summed E-state index contributed by atoms with van der Waals surface area (Å²) in [5, 5.41) is 16.9. The van der Waals surface area contributed by atoms with Gasteiger partial charge in [-0.1, -0.05) is 0 Å². The second-order valence-corrected chi connectivity index (χ2v) is 6.21. The van der Waals surface area contributed by atoms with Crippen molar-refractivity contribution in [3.63, 3.8) is 0 Å². The van der Waals surface area contributed by atoms with E-state index in [9.17, 15) is 9.59 Å². The molecule has 2 aromatic rings. The Morgan fingerprint density at radius 3 is 3.00 bits per heavy atom. The van der Waals surface area contributed by atoms with Crippen LogP contribution in [0.25, 0.3) is 0 Å². The first kappa shape index (κ1) is 14.8. The van der Waals surface area contributed by atoms with Gasteiger partial charge in [0, 0.05) is 30.6 Å². The molecular formula is C15H17N3O3S. The van der Waals surface area contributed by atoms with E-state index in [0.29, 0.717) is 6.54 Å². The van der Waals surface area contributed by atoms with Crippen molar-refractivity contribution in [3.05, 3.63) is 40.3 Å². The number of amides is 1. The van der Waals surface area contributed by atoms with Crippen LogP contribution in [0.15, 0.2) is 29.1 Å². The van der Waals surface area contributed by atoms with E-state index in [2.05, 4.69) is 5.10 Å². The highest BCUT2D eigenvalue weighted by Gasteiger charge is 2.27. The van der Waals surface area contributed by atoms with Gasteiger partial charge in [-0.2, -0.15) is 16.4 Å². The zero-order valence-electron chi connectivity index (χ0n) is 12.0. The highest BCUT2D eigenvalue weighted by molar-refractivity contribution is 7.08. The summed E-state index contributed by atoms with van der Waals surface area (Å²) in [6.07, 6.45) is 3.59. The lowest BCUT2D eigenvalue weighted by Gasteiger charge is -2.31. The monoisotopic (exact) mass is 319 g/mol. The molecule has 1 fully saturated rings. The Hall–Kier alpha value is -2.15. The van der Waals surface area contributed by atoms with Crippen molar-refractivity contribution in [1.82, 2.24) is 14.7 Å². The summed E-state index contributed by atoms with van der Waals surface area (Å²) in [6.45, 7) is 1.27. The normalized spacial score (nSPS) is 18.4. The molecule has 116 valence electrons. The number of piperidine rings is 1. The van der Waals surface area contributed by atoms with E-state index in [0.717, 1.165) is 30.6 Å². The van der Waals surface area contributed by atoms with Crippen LogP contribution in [0.3, 0.4) is 0 Å². The van der Waals surface area contributed by atoms with Crippen LogP contribution < -0.4 is 0 Å². The van der Waals surface area contributed by atoms with Gasteiger partial charge in [0.1, 0.15) is 6.54 Å². The van der Waals surface area contributed by atoms with E-state index in [1.165, 1.54) is 16.0 Å². The number of hydrogen-bond donors (Lipinski definition) is 1. The minimum atomic E-state index is -0.910. The molecule has 1 unspecified atom stereocenters. The van der Waals surface area contributed by atoms with E-state index in [-0.39, 0.29) is 18.4 Å². The lowest BCUT2D eigenvalue weighted by Crippen LogP contribution is -2.39. The van der Waals surface area contributed by atoms with Crippen LogP contribution >= 0.6 is 11.3 Å². The average molecular weight is 319 g/mol. The molecule has 0 aliphatic carbocycles. The summed E-state index contributed by atoms with van der Waals surface area (Å²) in [5.74, 6) is -0.671. The van der Waals surface area contributed by atoms with Crippen LogP contribution in [-0.4, -0.2) is 44.8 Å². The third-order valence-electron chi connectivity index (χ3n) is 3.85. The third-order valence-corrected chi connectivity index (χ3v) is 4.54. The number of hydrogen-bond acceptors (Lipinski definition) is 4. The number of carboxylic acids is 1. The van der Waals surface area contributed by atoms with Gasteiger partial charge in [-0.25, -0.2) is 0 Å². The molecule has 0 aromatic carbocycles. The number of rotatable bonds is 4. The van der Waals surface area contributed by atoms with Crippen LogP contribution in [-0.2, 0) is 11.3 Å². The zero-order chi connectivity index (χ0) is 15.5. The number of likely N-dealkylation sites (tertiary alicyclic amines) is 1. The fourth-order valence-electron chi connectivity index (χ4n) is 2.79. The molecule has 3 rings (SSSR count). The fraction of sp³-hybridized carbons (Fsp3) is 0.400. The van der Waals surface area contributed by atoms with Gasteiger partial charge >= 0.3 is 5.97 Å². The third kappa shape index (κ3) is 3.19. The molecule has 1 aliphatic heterocycles. The number of nitrogens with zero attached hydrogens (tertiary/aromatic N) is 3. The van der Waals surface area contributed by atoms with Gasteiger partial charge in [0.15, 0.2) is 0 Å². The maximum atomic E-state index is 12.4. The van der Waals surface area contributed by atoms with E-state index >= 15 is 0 Å². The smallest absolute Gasteiger partial charge is 0.325 e. The minimum Gasteiger partial charge on any atom is -0.480 e. The Labute approximate surface area is 132 Å². The molecule has 22 heavy (non-hydrogen) atoms. The Kier molecular flexibility index (Phi) is 4.24. The molecule has 7 heteroatoms. The van der Waals surface area contributed by atoms with Crippen molar-refractivity contribution in [3.8, 4) is 0 Å². The summed E-state index contributed by atoms with van der Waals surface area (Å²) in [4.78, 5) is 25.0. The zero-order valence-corrected chi connectivity index (χ0v) is 12.8. The second kappa shape index (κ2) is 6.31. The summed E-state index contributed by atoms with van der Waals surface area (Å²) in [7, 11) is 0. The molecule has 6 nitrogen and oxygen atoms in total. The van der Waals surface area contributed by atoms with Gasteiger partial charge in [0.2, 0.25) is 0 Å². The standard InChI is InChI=1S/C15H17N3O3S/c19-14(20)9-18-6-3-13(16-18)11-2-1-5-17(8-11)15(21)12-4-7-22-10-12/h3-4,6-7,10-11H,1-2,5,8-9H2,(H,19,20). The van der Waals surface area contributed by atoms with Crippen LogP contribution in [0.1, 0.15) is 34.8 Å². The number of carbonyl (C=O) groups excluding carboxylic acids is 1. The number of thiophene rings is 1. The van der Waals surface area contributed by atoms with Crippen molar-refractivity contribution in [1.29, 1.82) is 0 Å². The highest BCUT2D eigenvalue weighted by Crippen LogP contribution is 2.26. The molecular weight excluding hydrogens is 302 g/mol. The van der Waals surface area contributed by atoms with Crippen LogP contribution in [0.2, 0.25) is 0 Å². The summed E-state index contributed by atoms with van der Waals surface area (Å²) < 4.78 is 1.43. The minimum absolute atomic E-state index is 0.0657. The van der Waals surface area contributed by atoms with E-state index in [4.69, 9.17) is 5.11 Å². The largest absolute Gasteiger partial charge is 0.480 e. The molecule has 0 bridgehead atoms.